The van der Waals surface area contributed by atoms with Gasteiger partial charge in [-0.25, -0.2) is 4.98 Å². The predicted molar refractivity (Wildman–Crippen MR) is 80.7 cm³/mol. The van der Waals surface area contributed by atoms with Crippen molar-refractivity contribution in [2.45, 2.75) is 0 Å². The highest BCUT2D eigenvalue weighted by molar-refractivity contribution is 7.13. The number of benzene rings is 1. The van der Waals surface area contributed by atoms with E-state index in [0.717, 1.165) is 10.6 Å². The number of methoxy groups -OCH3 is 2. The highest BCUT2D eigenvalue weighted by Gasteiger charge is 2.15. The molecule has 3 aromatic rings. The molecule has 0 saturated heterocycles. The summed E-state index contributed by atoms with van der Waals surface area (Å²) in [5.41, 5.74) is 2.19. The maximum absolute atomic E-state index is 8.99. The van der Waals surface area contributed by atoms with Crippen LogP contribution in [0.2, 0.25) is 0 Å². The van der Waals surface area contributed by atoms with Crippen molar-refractivity contribution < 1.29 is 9.47 Å². The van der Waals surface area contributed by atoms with Gasteiger partial charge in [0.05, 0.1) is 14.2 Å². The number of rotatable bonds is 4. The molecule has 1 N–H and O–H groups in total. The van der Waals surface area contributed by atoms with Crippen LogP contribution in [-0.4, -0.2) is 34.6 Å². The molecule has 0 spiro atoms. The molecule has 0 fully saturated rings. The fraction of sp³-hybridized carbons (Fsp3) is 0.143. The predicted octanol–water partition coefficient (Wildman–Crippen LogP) is 2.48. The van der Waals surface area contributed by atoms with Crippen LogP contribution in [0.25, 0.3) is 22.0 Å². The lowest BCUT2D eigenvalue weighted by Crippen LogP contribution is -1.90. The summed E-state index contributed by atoms with van der Waals surface area (Å²) in [7, 11) is 3.18. The maximum Gasteiger partial charge on any atom is 0.192 e. The van der Waals surface area contributed by atoms with Crippen LogP contribution in [-0.2, 0) is 0 Å². The van der Waals surface area contributed by atoms with E-state index in [1.807, 2.05) is 29.6 Å². The fourth-order valence-corrected chi connectivity index (χ4v) is 2.77. The Morgan fingerprint density at radius 2 is 2.00 bits per heavy atom. The molecule has 0 unspecified atom stereocenters. The number of nitrogens with zero attached hydrogens (tertiary/aromatic N) is 4. The van der Waals surface area contributed by atoms with Crippen molar-refractivity contribution in [3.05, 3.63) is 29.3 Å². The third kappa shape index (κ3) is 2.38. The maximum atomic E-state index is 8.99. The summed E-state index contributed by atoms with van der Waals surface area (Å²) in [6.07, 6.45) is 0. The van der Waals surface area contributed by atoms with E-state index in [0.29, 0.717) is 22.9 Å². The lowest BCUT2D eigenvalue weighted by atomic mass is 10.2. The topological polar surface area (TPSA) is 96.7 Å². The highest BCUT2D eigenvalue weighted by Crippen LogP contribution is 2.35. The summed E-state index contributed by atoms with van der Waals surface area (Å²) in [5, 5.41) is 21.8. The number of nitrogens with one attached hydrogen (secondary N) is 1. The minimum atomic E-state index is 0.226. The molecular weight excluding hydrogens is 302 g/mol. The first-order valence-corrected chi connectivity index (χ1v) is 7.14. The van der Waals surface area contributed by atoms with Gasteiger partial charge in [0.25, 0.3) is 0 Å². The van der Waals surface area contributed by atoms with Gasteiger partial charge in [-0.05, 0) is 18.2 Å². The Balaban J connectivity index is 1.99. The first kappa shape index (κ1) is 14.0. The van der Waals surface area contributed by atoms with Gasteiger partial charge in [0.2, 0.25) is 0 Å². The molecule has 1 aromatic carbocycles. The first-order chi connectivity index (χ1) is 10.8. The van der Waals surface area contributed by atoms with E-state index in [9.17, 15) is 0 Å². The molecule has 8 heteroatoms. The molecule has 0 aliphatic rings. The summed E-state index contributed by atoms with van der Waals surface area (Å²) < 4.78 is 10.5. The van der Waals surface area contributed by atoms with Crippen LogP contribution in [0.4, 0.5) is 0 Å². The largest absolute Gasteiger partial charge is 0.493 e. The molecule has 3 rings (SSSR count). The number of hydrogen-bond acceptors (Lipinski definition) is 7. The van der Waals surface area contributed by atoms with Crippen LogP contribution in [0, 0.1) is 11.3 Å². The van der Waals surface area contributed by atoms with Crippen molar-refractivity contribution in [3.8, 4) is 39.5 Å². The third-order valence-corrected chi connectivity index (χ3v) is 3.92. The second kappa shape index (κ2) is 5.83. The van der Waals surface area contributed by atoms with Crippen molar-refractivity contribution >= 4 is 11.3 Å². The summed E-state index contributed by atoms with van der Waals surface area (Å²) >= 11 is 1.45. The quantitative estimate of drug-likeness (QED) is 0.794. The van der Waals surface area contributed by atoms with Gasteiger partial charge >= 0.3 is 0 Å². The van der Waals surface area contributed by atoms with Crippen LogP contribution < -0.4 is 9.47 Å². The van der Waals surface area contributed by atoms with Crippen LogP contribution >= 0.6 is 11.3 Å². The van der Waals surface area contributed by atoms with Crippen LogP contribution in [0.1, 0.15) is 5.69 Å². The van der Waals surface area contributed by atoms with Gasteiger partial charge in [0, 0.05) is 10.9 Å². The monoisotopic (exact) mass is 313 g/mol. The normalized spacial score (nSPS) is 10.2. The van der Waals surface area contributed by atoms with E-state index in [4.69, 9.17) is 14.7 Å². The molecular formula is C14H11N5O2S. The third-order valence-electron chi connectivity index (χ3n) is 3.03. The van der Waals surface area contributed by atoms with E-state index in [1.165, 1.54) is 11.3 Å². The zero-order valence-corrected chi connectivity index (χ0v) is 12.6. The molecule has 0 radical (unpaired) electrons. The van der Waals surface area contributed by atoms with Crippen LogP contribution in [0.15, 0.2) is 23.6 Å². The molecule has 110 valence electrons. The lowest BCUT2D eigenvalue weighted by molar-refractivity contribution is 0.355. The van der Waals surface area contributed by atoms with Crippen LogP contribution in [0.5, 0.6) is 11.5 Å². The number of nitriles is 1. The number of aromatic nitrogens is 4. The van der Waals surface area contributed by atoms with Gasteiger partial charge < -0.3 is 9.47 Å². The number of H-pyrrole nitrogens is 1. The van der Waals surface area contributed by atoms with E-state index in [1.54, 1.807) is 14.2 Å². The minimum absolute atomic E-state index is 0.226. The molecule has 7 nitrogen and oxygen atoms in total. The standard InChI is InChI=1S/C14H11N5O2S/c1-20-11-4-3-8(5-12(11)21-2)14-16-10(7-22-14)13-9(6-15)17-19-18-13/h3-5,7H,1-2H3,(H,17,18,19). The summed E-state index contributed by atoms with van der Waals surface area (Å²) in [5.74, 6) is 1.29. The molecule has 22 heavy (non-hydrogen) atoms. The van der Waals surface area contributed by atoms with Gasteiger partial charge in [-0.2, -0.15) is 15.6 Å². The number of hydrogen-bond donors (Lipinski definition) is 1. The van der Waals surface area contributed by atoms with E-state index in [2.05, 4.69) is 20.4 Å². The van der Waals surface area contributed by atoms with Crippen molar-refractivity contribution in [1.29, 1.82) is 5.26 Å². The number of thiazole rings is 1. The van der Waals surface area contributed by atoms with Crippen molar-refractivity contribution in [1.82, 2.24) is 20.4 Å². The van der Waals surface area contributed by atoms with Crippen molar-refractivity contribution in [2.75, 3.05) is 14.2 Å². The Labute approximate surface area is 130 Å². The van der Waals surface area contributed by atoms with Crippen LogP contribution in [0.3, 0.4) is 0 Å². The van der Waals surface area contributed by atoms with E-state index in [-0.39, 0.29) is 5.69 Å². The molecule has 0 aliphatic carbocycles. The Bertz CT molecular complexity index is 849. The number of aromatic amines is 1. The average molecular weight is 313 g/mol. The van der Waals surface area contributed by atoms with Gasteiger partial charge in [0.1, 0.15) is 22.5 Å². The minimum Gasteiger partial charge on any atom is -0.493 e. The fourth-order valence-electron chi connectivity index (χ4n) is 1.97. The Morgan fingerprint density at radius 1 is 1.18 bits per heavy atom. The summed E-state index contributed by atoms with van der Waals surface area (Å²) in [6, 6.07) is 7.56. The van der Waals surface area contributed by atoms with E-state index < -0.39 is 0 Å². The lowest BCUT2D eigenvalue weighted by Gasteiger charge is -2.08. The van der Waals surface area contributed by atoms with Gasteiger partial charge in [-0.3, -0.25) is 0 Å². The second-order valence-electron chi connectivity index (χ2n) is 4.24. The van der Waals surface area contributed by atoms with E-state index >= 15 is 0 Å². The Kier molecular flexibility index (Phi) is 3.72. The molecule has 2 aromatic heterocycles. The first-order valence-electron chi connectivity index (χ1n) is 6.26. The summed E-state index contributed by atoms with van der Waals surface area (Å²) in [6.45, 7) is 0. The summed E-state index contributed by atoms with van der Waals surface area (Å²) in [4.78, 5) is 4.51. The molecule has 0 amide bonds. The second-order valence-corrected chi connectivity index (χ2v) is 5.10. The molecule has 0 saturated carbocycles. The molecule has 2 heterocycles. The smallest absolute Gasteiger partial charge is 0.192 e. The molecule has 0 bridgehead atoms. The molecule has 0 aliphatic heterocycles. The van der Waals surface area contributed by atoms with Gasteiger partial charge in [0.15, 0.2) is 17.2 Å². The van der Waals surface area contributed by atoms with Crippen molar-refractivity contribution in [3.63, 3.8) is 0 Å². The van der Waals surface area contributed by atoms with Crippen molar-refractivity contribution in [2.24, 2.45) is 0 Å². The van der Waals surface area contributed by atoms with Gasteiger partial charge in [-0.1, -0.05) is 0 Å². The average Bonchev–Trinajstić information content (AvgIpc) is 3.22. The zero-order chi connectivity index (χ0) is 15.5. The Morgan fingerprint density at radius 3 is 2.73 bits per heavy atom. The Hall–Kier alpha value is -2.92. The molecule has 0 atom stereocenters. The van der Waals surface area contributed by atoms with Gasteiger partial charge in [-0.15, -0.1) is 16.4 Å². The highest BCUT2D eigenvalue weighted by atomic mass is 32.1. The SMILES string of the molecule is COc1ccc(-c2nc(-c3n[nH]nc3C#N)cs2)cc1OC. The number of ether oxygens (including phenoxy) is 2. The zero-order valence-electron chi connectivity index (χ0n) is 11.8.